The quantitative estimate of drug-likeness (QED) is 0.163. The van der Waals surface area contributed by atoms with Gasteiger partial charge in [0.1, 0.15) is 12.2 Å². The van der Waals surface area contributed by atoms with Crippen LogP contribution in [0.5, 0.6) is 11.5 Å². The first-order valence-corrected chi connectivity index (χ1v) is 13.5. The van der Waals surface area contributed by atoms with E-state index < -0.39 is 76.9 Å². The normalized spacial score (nSPS) is 22.4. The number of methoxy groups -OCH3 is 1. The van der Waals surface area contributed by atoms with Crippen LogP contribution in [0.2, 0.25) is 0 Å². The third-order valence-corrected chi connectivity index (χ3v) is 7.40. The van der Waals surface area contributed by atoms with E-state index in [0.29, 0.717) is 5.56 Å². The van der Waals surface area contributed by atoms with Crippen LogP contribution in [0.15, 0.2) is 66.8 Å². The lowest BCUT2D eigenvalue weighted by molar-refractivity contribution is -0.280. The molecule has 13 heteroatoms. The summed E-state index contributed by atoms with van der Waals surface area (Å²) in [6.07, 6.45) is -4.24. The van der Waals surface area contributed by atoms with Crippen LogP contribution in [0, 0.1) is 11.8 Å². The Hall–Kier alpha value is -4.65. The Bertz CT molecular complexity index is 1470. The minimum atomic E-state index is -5.25. The SMILES string of the molecule is CO[C@@](C(=O)O[C@@H]([C@H]1C[C@@H]1C(=O)C(C)OC(=O)/C=C/c1ccc(O)c(O)c1)[C@H]1CC=CC(=O)O1)(c1ccccc1)C(F)(F)F. The van der Waals surface area contributed by atoms with Gasteiger partial charge in [-0.05, 0) is 37.1 Å². The van der Waals surface area contributed by atoms with Gasteiger partial charge in [-0.2, -0.15) is 13.2 Å². The van der Waals surface area contributed by atoms with E-state index >= 15 is 0 Å². The topological polar surface area (TPSA) is 146 Å². The number of cyclic esters (lactones) is 1. The van der Waals surface area contributed by atoms with E-state index in [9.17, 15) is 42.6 Å². The van der Waals surface area contributed by atoms with Crippen LogP contribution in [0.1, 0.15) is 30.9 Å². The van der Waals surface area contributed by atoms with Gasteiger partial charge >= 0.3 is 24.1 Å². The largest absolute Gasteiger partial charge is 0.504 e. The van der Waals surface area contributed by atoms with Crippen molar-refractivity contribution in [2.24, 2.45) is 11.8 Å². The van der Waals surface area contributed by atoms with Crippen LogP contribution >= 0.6 is 0 Å². The average molecular weight is 619 g/mol. The van der Waals surface area contributed by atoms with Gasteiger partial charge in [0.2, 0.25) is 0 Å². The molecule has 2 aliphatic rings. The van der Waals surface area contributed by atoms with Crippen LogP contribution in [0.4, 0.5) is 13.2 Å². The number of carbonyl (C=O) groups is 4. The highest BCUT2D eigenvalue weighted by Crippen LogP contribution is 2.49. The molecule has 2 aromatic carbocycles. The number of alkyl halides is 3. The molecule has 0 saturated heterocycles. The highest BCUT2D eigenvalue weighted by Gasteiger charge is 2.65. The smallest absolute Gasteiger partial charge is 0.432 e. The molecule has 1 fully saturated rings. The Morgan fingerprint density at radius 2 is 1.75 bits per heavy atom. The molecule has 0 aromatic heterocycles. The monoisotopic (exact) mass is 618 g/mol. The molecule has 1 aliphatic carbocycles. The fourth-order valence-corrected chi connectivity index (χ4v) is 5.06. The molecule has 1 heterocycles. The number of phenolic OH excluding ortho intramolecular Hbond substituents is 2. The van der Waals surface area contributed by atoms with Crippen molar-refractivity contribution in [1.29, 1.82) is 0 Å². The van der Waals surface area contributed by atoms with Gasteiger partial charge in [-0.1, -0.05) is 42.5 Å². The number of carbonyl (C=O) groups excluding carboxylic acids is 4. The second kappa shape index (κ2) is 12.9. The molecule has 6 atom stereocenters. The molecule has 0 amide bonds. The van der Waals surface area contributed by atoms with Gasteiger partial charge in [0.05, 0.1) is 0 Å². The van der Waals surface area contributed by atoms with E-state index in [1.807, 2.05) is 0 Å². The molecule has 0 spiro atoms. The van der Waals surface area contributed by atoms with Crippen molar-refractivity contribution in [2.75, 3.05) is 7.11 Å². The molecule has 0 bridgehead atoms. The predicted octanol–water partition coefficient (Wildman–Crippen LogP) is 4.14. The summed E-state index contributed by atoms with van der Waals surface area (Å²) < 4.78 is 64.1. The van der Waals surface area contributed by atoms with Crippen LogP contribution in [-0.2, 0) is 43.7 Å². The zero-order chi connectivity index (χ0) is 32.2. The van der Waals surface area contributed by atoms with Crippen molar-refractivity contribution in [3.05, 3.63) is 77.9 Å². The molecule has 0 radical (unpaired) electrons. The maximum atomic E-state index is 14.5. The summed E-state index contributed by atoms with van der Waals surface area (Å²) in [5.41, 5.74) is -3.67. The minimum absolute atomic E-state index is 0.0145. The Morgan fingerprint density at radius 3 is 2.36 bits per heavy atom. The summed E-state index contributed by atoms with van der Waals surface area (Å²) in [6, 6.07) is 10.0. The first kappa shape index (κ1) is 32.3. The molecule has 44 heavy (non-hydrogen) atoms. The number of hydrogen-bond donors (Lipinski definition) is 2. The second-order valence-electron chi connectivity index (χ2n) is 10.3. The molecule has 2 aromatic rings. The molecule has 1 aliphatic heterocycles. The number of Topliss-reactive ketones (excluding diaryl/α,β-unsaturated/α-hetero) is 1. The Kier molecular flexibility index (Phi) is 9.47. The van der Waals surface area contributed by atoms with E-state index in [1.165, 1.54) is 55.5 Å². The standard InChI is InChI=1S/C31H29F3O10/c1-17(42-26(38)14-12-18-11-13-22(35)23(36)15-18)27(39)20-16-21(20)28(24-9-6-10-25(37)43-24)44-29(40)30(41-2,31(32,33)34)19-7-4-3-5-8-19/h3-8,10-15,17,20-21,24,28,35-36H,9,16H2,1-2H3/b14-12+/t17?,20-,21-,24+,28-,30+/m0/s1. The number of ether oxygens (including phenoxy) is 4. The minimum Gasteiger partial charge on any atom is -0.504 e. The highest BCUT2D eigenvalue weighted by atomic mass is 19.4. The van der Waals surface area contributed by atoms with Crippen molar-refractivity contribution in [1.82, 2.24) is 0 Å². The average Bonchev–Trinajstić information content (AvgIpc) is 3.77. The number of hydrogen-bond acceptors (Lipinski definition) is 10. The molecule has 2 N–H and O–H groups in total. The van der Waals surface area contributed by atoms with Gasteiger partial charge in [-0.15, -0.1) is 0 Å². The van der Waals surface area contributed by atoms with Crippen molar-refractivity contribution < 1.29 is 61.5 Å². The summed E-state index contributed by atoms with van der Waals surface area (Å²) in [5.74, 6) is -6.53. The molecular formula is C31H29F3O10. The number of aromatic hydroxyl groups is 2. The summed E-state index contributed by atoms with van der Waals surface area (Å²) in [6.45, 7) is 1.31. The zero-order valence-electron chi connectivity index (χ0n) is 23.5. The van der Waals surface area contributed by atoms with Gasteiger partial charge in [0, 0.05) is 43.1 Å². The van der Waals surface area contributed by atoms with Crippen molar-refractivity contribution >= 4 is 29.8 Å². The van der Waals surface area contributed by atoms with E-state index in [2.05, 4.69) is 0 Å². The number of ketones is 1. The summed E-state index contributed by atoms with van der Waals surface area (Å²) >= 11 is 0. The lowest BCUT2D eigenvalue weighted by Crippen LogP contribution is -2.54. The molecule has 1 unspecified atom stereocenters. The third kappa shape index (κ3) is 6.77. The number of benzene rings is 2. The lowest BCUT2D eigenvalue weighted by Gasteiger charge is -2.35. The molecular weight excluding hydrogens is 589 g/mol. The first-order valence-electron chi connectivity index (χ1n) is 13.5. The van der Waals surface area contributed by atoms with Gasteiger partial charge in [0.15, 0.2) is 23.4 Å². The molecule has 234 valence electrons. The molecule has 1 saturated carbocycles. The maximum Gasteiger partial charge on any atom is 0.432 e. The van der Waals surface area contributed by atoms with Crippen LogP contribution < -0.4 is 0 Å². The van der Waals surface area contributed by atoms with E-state index in [-0.39, 0.29) is 18.6 Å². The first-order chi connectivity index (χ1) is 20.8. The summed E-state index contributed by atoms with van der Waals surface area (Å²) in [5, 5.41) is 19.0. The summed E-state index contributed by atoms with van der Waals surface area (Å²) in [4.78, 5) is 50.8. The van der Waals surface area contributed by atoms with E-state index in [1.54, 1.807) is 0 Å². The Morgan fingerprint density at radius 1 is 1.05 bits per heavy atom. The number of rotatable bonds is 11. The lowest BCUT2D eigenvalue weighted by atomic mass is 9.92. The highest BCUT2D eigenvalue weighted by molar-refractivity contribution is 5.93. The Labute approximate surface area is 249 Å². The van der Waals surface area contributed by atoms with Crippen molar-refractivity contribution in [3.63, 3.8) is 0 Å². The zero-order valence-corrected chi connectivity index (χ0v) is 23.5. The van der Waals surface area contributed by atoms with Crippen molar-refractivity contribution in [3.8, 4) is 11.5 Å². The second-order valence-corrected chi connectivity index (χ2v) is 10.3. The van der Waals surface area contributed by atoms with Crippen LogP contribution in [0.3, 0.4) is 0 Å². The van der Waals surface area contributed by atoms with E-state index in [0.717, 1.165) is 31.4 Å². The van der Waals surface area contributed by atoms with Gasteiger partial charge in [-0.25, -0.2) is 14.4 Å². The molecule has 10 nitrogen and oxygen atoms in total. The number of halogens is 3. The van der Waals surface area contributed by atoms with Gasteiger partial charge in [0.25, 0.3) is 5.60 Å². The van der Waals surface area contributed by atoms with Crippen molar-refractivity contribution in [2.45, 2.75) is 49.9 Å². The van der Waals surface area contributed by atoms with Crippen LogP contribution in [0.25, 0.3) is 6.08 Å². The van der Waals surface area contributed by atoms with E-state index in [4.69, 9.17) is 18.9 Å². The number of phenols is 2. The van der Waals surface area contributed by atoms with Crippen LogP contribution in [-0.4, -0.2) is 65.5 Å². The predicted molar refractivity (Wildman–Crippen MR) is 146 cm³/mol. The summed E-state index contributed by atoms with van der Waals surface area (Å²) in [7, 11) is 0.721. The van der Waals surface area contributed by atoms with Gasteiger partial charge < -0.3 is 29.2 Å². The van der Waals surface area contributed by atoms with Gasteiger partial charge in [-0.3, -0.25) is 4.79 Å². The fourth-order valence-electron chi connectivity index (χ4n) is 5.06. The number of esters is 3. The Balaban J connectivity index is 1.50. The third-order valence-electron chi connectivity index (χ3n) is 7.40. The fraction of sp³-hybridized carbons (Fsp3) is 0.355. The maximum absolute atomic E-state index is 14.5. The molecule has 4 rings (SSSR count).